The van der Waals surface area contributed by atoms with Crippen molar-refractivity contribution in [3.05, 3.63) is 70.0 Å². The molecule has 1 atom stereocenters. The molecular formula is C22H23N3O2S. The molecule has 28 heavy (non-hydrogen) atoms. The van der Waals surface area contributed by atoms with Crippen LogP contribution in [0.15, 0.2) is 58.5 Å². The molecule has 2 aromatic carbocycles. The Morgan fingerprint density at radius 1 is 1.21 bits per heavy atom. The van der Waals surface area contributed by atoms with Crippen LogP contribution in [-0.4, -0.2) is 21.2 Å². The number of nitrogens with zero attached hydrogens (tertiary/aromatic N) is 2. The number of aromatic nitrogens is 2. The van der Waals surface area contributed by atoms with E-state index in [2.05, 4.69) is 22.4 Å². The number of fused-ring (bicyclic) bond motifs is 2. The van der Waals surface area contributed by atoms with E-state index in [0.29, 0.717) is 22.6 Å². The number of carbonyl (C=O) groups excluding carboxylic acids is 1. The van der Waals surface area contributed by atoms with Gasteiger partial charge in [-0.2, -0.15) is 0 Å². The molecule has 0 aliphatic heterocycles. The van der Waals surface area contributed by atoms with Crippen molar-refractivity contribution in [3.63, 3.8) is 0 Å². The molecule has 0 fully saturated rings. The van der Waals surface area contributed by atoms with Gasteiger partial charge >= 0.3 is 0 Å². The topological polar surface area (TPSA) is 64.0 Å². The quantitative estimate of drug-likeness (QED) is 0.512. The van der Waals surface area contributed by atoms with E-state index in [1.54, 1.807) is 10.6 Å². The largest absolute Gasteiger partial charge is 0.349 e. The smallest absolute Gasteiger partial charge is 0.262 e. The van der Waals surface area contributed by atoms with Crippen molar-refractivity contribution < 1.29 is 4.79 Å². The Hall–Kier alpha value is -2.60. The van der Waals surface area contributed by atoms with Crippen molar-refractivity contribution in [1.29, 1.82) is 0 Å². The summed E-state index contributed by atoms with van der Waals surface area (Å²) in [6, 6.07) is 15.7. The molecule has 6 heteroatoms. The number of carbonyl (C=O) groups is 1. The molecule has 1 aliphatic rings. The maximum Gasteiger partial charge on any atom is 0.262 e. The van der Waals surface area contributed by atoms with Crippen LogP contribution in [0.2, 0.25) is 0 Å². The minimum atomic E-state index is -0.0416. The highest BCUT2D eigenvalue weighted by Crippen LogP contribution is 2.30. The van der Waals surface area contributed by atoms with Crippen LogP contribution in [-0.2, 0) is 17.8 Å². The number of rotatable bonds is 6. The molecule has 0 spiro atoms. The summed E-state index contributed by atoms with van der Waals surface area (Å²) in [6.07, 6.45) is 2.76. The van der Waals surface area contributed by atoms with Crippen LogP contribution in [0.25, 0.3) is 10.9 Å². The molecule has 1 N–H and O–H groups in total. The molecule has 4 rings (SSSR count). The molecule has 1 amide bonds. The Bertz CT molecular complexity index is 1080. The number of thioether (sulfide) groups is 1. The Morgan fingerprint density at radius 2 is 2.00 bits per heavy atom. The Balaban J connectivity index is 1.50. The van der Waals surface area contributed by atoms with Gasteiger partial charge < -0.3 is 5.32 Å². The summed E-state index contributed by atoms with van der Waals surface area (Å²) in [5.41, 5.74) is 3.16. The summed E-state index contributed by atoms with van der Waals surface area (Å²) in [6.45, 7) is 2.62. The molecule has 1 aromatic heterocycles. The lowest BCUT2D eigenvalue weighted by atomic mass is 10.1. The first-order valence-corrected chi connectivity index (χ1v) is 10.7. The summed E-state index contributed by atoms with van der Waals surface area (Å²) in [7, 11) is 0. The minimum absolute atomic E-state index is 0.0304. The molecule has 0 bridgehead atoms. The van der Waals surface area contributed by atoms with Crippen LogP contribution in [0, 0.1) is 0 Å². The summed E-state index contributed by atoms with van der Waals surface area (Å²) >= 11 is 1.33. The standard InChI is InChI=1S/C22H23N3O2S/c1-2-13-25-21(27)17-9-5-6-10-18(17)24-22(25)28-14-20(26)23-19-12-11-15-7-3-4-8-16(15)19/h3-10,19H,2,11-14H2,1H3,(H,23,26). The van der Waals surface area contributed by atoms with E-state index in [-0.39, 0.29) is 23.3 Å². The maximum atomic E-state index is 12.8. The lowest BCUT2D eigenvalue weighted by Gasteiger charge is -2.15. The number of benzene rings is 2. The van der Waals surface area contributed by atoms with E-state index in [4.69, 9.17) is 0 Å². The Labute approximate surface area is 168 Å². The van der Waals surface area contributed by atoms with Crippen LogP contribution in [0.5, 0.6) is 0 Å². The van der Waals surface area contributed by atoms with Crippen LogP contribution < -0.4 is 10.9 Å². The fraction of sp³-hybridized carbons (Fsp3) is 0.318. The van der Waals surface area contributed by atoms with Gasteiger partial charge in [-0.15, -0.1) is 0 Å². The lowest BCUT2D eigenvalue weighted by Crippen LogP contribution is -2.29. The predicted molar refractivity (Wildman–Crippen MR) is 113 cm³/mol. The number of para-hydroxylation sites is 1. The molecule has 1 heterocycles. The highest BCUT2D eigenvalue weighted by Gasteiger charge is 2.23. The van der Waals surface area contributed by atoms with Crippen molar-refractivity contribution in [3.8, 4) is 0 Å². The molecule has 144 valence electrons. The van der Waals surface area contributed by atoms with Crippen LogP contribution in [0.3, 0.4) is 0 Å². The Morgan fingerprint density at radius 3 is 2.86 bits per heavy atom. The van der Waals surface area contributed by atoms with Gasteiger partial charge in [0.15, 0.2) is 5.16 Å². The van der Waals surface area contributed by atoms with Gasteiger partial charge in [0, 0.05) is 6.54 Å². The van der Waals surface area contributed by atoms with Gasteiger partial charge in [0.2, 0.25) is 5.91 Å². The van der Waals surface area contributed by atoms with Crippen molar-refractivity contribution in [2.45, 2.75) is 43.9 Å². The molecule has 0 saturated heterocycles. The molecule has 0 radical (unpaired) electrons. The normalized spacial score (nSPS) is 15.5. The second-order valence-electron chi connectivity index (χ2n) is 7.01. The number of hydrogen-bond acceptors (Lipinski definition) is 4. The van der Waals surface area contributed by atoms with Crippen molar-refractivity contribution in [2.75, 3.05) is 5.75 Å². The molecule has 3 aromatic rings. The predicted octanol–water partition coefficient (Wildman–Crippen LogP) is 3.70. The van der Waals surface area contributed by atoms with E-state index < -0.39 is 0 Å². The van der Waals surface area contributed by atoms with Gasteiger partial charge in [-0.3, -0.25) is 14.2 Å². The molecule has 0 saturated carbocycles. The van der Waals surface area contributed by atoms with E-state index in [1.165, 1.54) is 22.9 Å². The second-order valence-corrected chi connectivity index (χ2v) is 7.96. The minimum Gasteiger partial charge on any atom is -0.349 e. The van der Waals surface area contributed by atoms with Gasteiger partial charge in [0.25, 0.3) is 5.56 Å². The monoisotopic (exact) mass is 393 g/mol. The van der Waals surface area contributed by atoms with E-state index in [1.807, 2.05) is 37.3 Å². The fourth-order valence-electron chi connectivity index (χ4n) is 3.75. The highest BCUT2D eigenvalue weighted by atomic mass is 32.2. The SMILES string of the molecule is CCCn1c(SCC(=O)NC2CCc3ccccc32)nc2ccccc2c1=O. The maximum absolute atomic E-state index is 12.8. The van der Waals surface area contributed by atoms with E-state index in [0.717, 1.165) is 19.3 Å². The van der Waals surface area contributed by atoms with Gasteiger partial charge in [-0.05, 0) is 42.5 Å². The third-order valence-corrected chi connectivity index (χ3v) is 6.05. The molecule has 1 unspecified atom stereocenters. The fourth-order valence-corrected chi connectivity index (χ4v) is 4.59. The van der Waals surface area contributed by atoms with Crippen molar-refractivity contribution in [2.24, 2.45) is 0 Å². The van der Waals surface area contributed by atoms with E-state index >= 15 is 0 Å². The van der Waals surface area contributed by atoms with Gasteiger partial charge in [-0.25, -0.2) is 4.98 Å². The van der Waals surface area contributed by atoms with Crippen LogP contribution in [0.1, 0.15) is 36.9 Å². The molecular weight excluding hydrogens is 370 g/mol. The third kappa shape index (κ3) is 3.69. The summed E-state index contributed by atoms with van der Waals surface area (Å²) in [5.74, 6) is 0.213. The Kier molecular flexibility index (Phi) is 5.48. The second kappa shape index (κ2) is 8.19. The van der Waals surface area contributed by atoms with Gasteiger partial charge in [0.1, 0.15) is 0 Å². The van der Waals surface area contributed by atoms with Crippen LogP contribution >= 0.6 is 11.8 Å². The van der Waals surface area contributed by atoms with Crippen molar-refractivity contribution >= 4 is 28.6 Å². The van der Waals surface area contributed by atoms with Crippen molar-refractivity contribution in [1.82, 2.24) is 14.9 Å². The number of hydrogen-bond donors (Lipinski definition) is 1. The summed E-state index contributed by atoms with van der Waals surface area (Å²) < 4.78 is 1.69. The van der Waals surface area contributed by atoms with Gasteiger partial charge in [0.05, 0.1) is 22.7 Å². The first-order valence-electron chi connectivity index (χ1n) is 9.67. The number of nitrogens with one attached hydrogen (secondary N) is 1. The average Bonchev–Trinajstić information content (AvgIpc) is 3.12. The zero-order valence-corrected chi connectivity index (χ0v) is 16.7. The van der Waals surface area contributed by atoms with E-state index in [9.17, 15) is 9.59 Å². The zero-order valence-electron chi connectivity index (χ0n) is 15.9. The zero-order chi connectivity index (χ0) is 19.5. The van der Waals surface area contributed by atoms with Crippen LogP contribution in [0.4, 0.5) is 0 Å². The summed E-state index contributed by atoms with van der Waals surface area (Å²) in [4.78, 5) is 30.0. The summed E-state index contributed by atoms with van der Waals surface area (Å²) in [5, 5.41) is 4.36. The highest BCUT2D eigenvalue weighted by molar-refractivity contribution is 7.99. The molecule has 1 aliphatic carbocycles. The van der Waals surface area contributed by atoms with Gasteiger partial charge in [-0.1, -0.05) is 55.1 Å². The third-order valence-electron chi connectivity index (χ3n) is 5.07. The number of aryl methyl sites for hydroxylation is 1. The first-order chi connectivity index (χ1) is 13.7. The number of amides is 1. The molecule has 5 nitrogen and oxygen atoms in total. The first kappa shape index (κ1) is 18.7. The lowest BCUT2D eigenvalue weighted by molar-refractivity contribution is -0.119. The average molecular weight is 394 g/mol.